The van der Waals surface area contributed by atoms with Crippen LogP contribution in [0.15, 0.2) is 0 Å². The van der Waals surface area contributed by atoms with Gasteiger partial charge in [-0.25, -0.2) is 5.84 Å². The molecule has 0 aromatic carbocycles. The number of nitrogens with zero attached hydrogens (tertiary/aromatic N) is 4. The molecule has 2 rings (SSSR count). The summed E-state index contributed by atoms with van der Waals surface area (Å²) in [6.07, 6.45) is 0. The second-order valence-electron chi connectivity index (χ2n) is 5.12. The van der Waals surface area contributed by atoms with E-state index in [-0.39, 0.29) is 0 Å². The Labute approximate surface area is 112 Å². The number of nitrogens with one attached hydrogen (secondary N) is 1. The van der Waals surface area contributed by atoms with E-state index in [0.717, 1.165) is 43.6 Å². The van der Waals surface area contributed by atoms with Gasteiger partial charge in [0.1, 0.15) is 5.01 Å². The van der Waals surface area contributed by atoms with Crippen molar-refractivity contribution in [1.29, 1.82) is 0 Å². The zero-order valence-corrected chi connectivity index (χ0v) is 11.9. The van der Waals surface area contributed by atoms with Gasteiger partial charge in [-0.15, -0.1) is 10.2 Å². The average molecular weight is 270 g/mol. The maximum Gasteiger partial charge on any atom is 0.219 e. The van der Waals surface area contributed by atoms with Gasteiger partial charge in [0.15, 0.2) is 0 Å². The lowest BCUT2D eigenvalue weighted by Crippen LogP contribution is -2.46. The van der Waals surface area contributed by atoms with Crippen molar-refractivity contribution in [3.63, 3.8) is 0 Å². The van der Waals surface area contributed by atoms with Crippen molar-refractivity contribution in [2.75, 3.05) is 38.1 Å². The molecule has 2 heterocycles. The molecular formula is C11H22N6S. The normalized spacial score (nSPS) is 18.4. The quantitative estimate of drug-likeness (QED) is 0.603. The van der Waals surface area contributed by atoms with Crippen LogP contribution >= 0.6 is 11.3 Å². The fourth-order valence-corrected chi connectivity index (χ4v) is 2.91. The Morgan fingerprint density at radius 1 is 1.22 bits per heavy atom. The topological polar surface area (TPSA) is 70.3 Å². The number of anilines is 1. The molecule has 0 aliphatic carbocycles. The van der Waals surface area contributed by atoms with E-state index in [0.29, 0.717) is 5.13 Å². The Bertz CT molecular complexity index is 358. The van der Waals surface area contributed by atoms with Gasteiger partial charge in [-0.1, -0.05) is 25.2 Å². The van der Waals surface area contributed by atoms with Crippen molar-refractivity contribution in [2.24, 2.45) is 11.8 Å². The first-order valence-corrected chi connectivity index (χ1v) is 7.22. The molecule has 3 N–H and O–H groups in total. The van der Waals surface area contributed by atoms with Crippen LogP contribution in [0.5, 0.6) is 0 Å². The van der Waals surface area contributed by atoms with E-state index in [4.69, 9.17) is 5.84 Å². The number of hydrazine groups is 1. The van der Waals surface area contributed by atoms with Crippen LogP contribution < -0.4 is 11.3 Å². The SMILES string of the molecule is CC(C)CN1CCN(Cc2nnc(NN)s2)CC1. The van der Waals surface area contributed by atoms with Crippen molar-refractivity contribution >= 4 is 16.5 Å². The largest absolute Gasteiger partial charge is 0.301 e. The highest BCUT2D eigenvalue weighted by molar-refractivity contribution is 7.15. The first kappa shape index (κ1) is 13.7. The summed E-state index contributed by atoms with van der Waals surface area (Å²) in [4.78, 5) is 4.96. The summed E-state index contributed by atoms with van der Waals surface area (Å²) >= 11 is 1.52. The van der Waals surface area contributed by atoms with Crippen molar-refractivity contribution in [2.45, 2.75) is 20.4 Å². The summed E-state index contributed by atoms with van der Waals surface area (Å²) in [5, 5.41) is 9.78. The summed E-state index contributed by atoms with van der Waals surface area (Å²) in [5.41, 5.74) is 2.53. The third-order valence-electron chi connectivity index (χ3n) is 3.04. The van der Waals surface area contributed by atoms with E-state index in [1.165, 1.54) is 17.9 Å². The predicted molar refractivity (Wildman–Crippen MR) is 74.3 cm³/mol. The van der Waals surface area contributed by atoms with Crippen LogP contribution in [0.25, 0.3) is 0 Å². The molecule has 1 fully saturated rings. The van der Waals surface area contributed by atoms with E-state index in [9.17, 15) is 0 Å². The number of nitrogens with two attached hydrogens (primary N) is 1. The molecule has 0 spiro atoms. The minimum atomic E-state index is 0.684. The summed E-state index contributed by atoms with van der Waals surface area (Å²) in [7, 11) is 0. The molecule has 6 nitrogen and oxygen atoms in total. The molecule has 0 radical (unpaired) electrons. The highest BCUT2D eigenvalue weighted by Crippen LogP contribution is 2.16. The van der Waals surface area contributed by atoms with E-state index >= 15 is 0 Å². The standard InChI is InChI=1S/C11H22N6S/c1-9(2)7-16-3-5-17(6-4-16)8-10-14-15-11(13-12)18-10/h9H,3-8,12H2,1-2H3,(H,13,15). The van der Waals surface area contributed by atoms with E-state index in [1.54, 1.807) is 0 Å². The lowest BCUT2D eigenvalue weighted by atomic mass is 10.2. The molecular weight excluding hydrogens is 248 g/mol. The van der Waals surface area contributed by atoms with Gasteiger partial charge in [0.25, 0.3) is 0 Å². The molecule has 1 aliphatic rings. The minimum Gasteiger partial charge on any atom is -0.301 e. The smallest absolute Gasteiger partial charge is 0.219 e. The summed E-state index contributed by atoms with van der Waals surface area (Å²) < 4.78 is 0. The maximum atomic E-state index is 5.30. The van der Waals surface area contributed by atoms with Gasteiger partial charge in [-0.2, -0.15) is 0 Å². The van der Waals surface area contributed by atoms with Crippen LogP contribution in [0.2, 0.25) is 0 Å². The number of nitrogen functional groups attached to an aromatic ring is 1. The second-order valence-corrected chi connectivity index (χ2v) is 6.18. The lowest BCUT2D eigenvalue weighted by Gasteiger charge is -2.34. The van der Waals surface area contributed by atoms with Crippen LogP contribution in [0.3, 0.4) is 0 Å². The summed E-state index contributed by atoms with van der Waals surface area (Å²) in [6.45, 7) is 11.2. The van der Waals surface area contributed by atoms with E-state index < -0.39 is 0 Å². The van der Waals surface area contributed by atoms with Gasteiger partial charge in [0, 0.05) is 32.7 Å². The molecule has 1 aliphatic heterocycles. The predicted octanol–water partition coefficient (Wildman–Crippen LogP) is 0.597. The van der Waals surface area contributed by atoms with E-state index in [2.05, 4.69) is 39.3 Å². The first-order chi connectivity index (χ1) is 8.67. The van der Waals surface area contributed by atoms with Crippen molar-refractivity contribution in [3.8, 4) is 0 Å². The van der Waals surface area contributed by atoms with Gasteiger partial charge in [-0.05, 0) is 5.92 Å². The van der Waals surface area contributed by atoms with Crippen LogP contribution in [-0.2, 0) is 6.54 Å². The number of hydrogen-bond donors (Lipinski definition) is 2. The number of rotatable bonds is 5. The monoisotopic (exact) mass is 270 g/mol. The molecule has 18 heavy (non-hydrogen) atoms. The number of hydrogen-bond acceptors (Lipinski definition) is 7. The fraction of sp³-hybridized carbons (Fsp3) is 0.818. The van der Waals surface area contributed by atoms with Crippen LogP contribution in [0.4, 0.5) is 5.13 Å². The third-order valence-corrected chi connectivity index (χ3v) is 3.88. The molecule has 1 aromatic heterocycles. The Morgan fingerprint density at radius 3 is 2.44 bits per heavy atom. The Kier molecular flexibility index (Phi) is 4.87. The molecule has 0 saturated carbocycles. The molecule has 1 saturated heterocycles. The third kappa shape index (κ3) is 3.88. The molecule has 7 heteroatoms. The molecule has 0 unspecified atom stereocenters. The second kappa shape index (κ2) is 6.42. The van der Waals surface area contributed by atoms with Gasteiger partial charge in [0.2, 0.25) is 5.13 Å². The van der Waals surface area contributed by atoms with Crippen molar-refractivity contribution in [3.05, 3.63) is 5.01 Å². The fourth-order valence-electron chi connectivity index (χ4n) is 2.21. The van der Waals surface area contributed by atoms with E-state index in [1.807, 2.05) is 0 Å². The Balaban J connectivity index is 1.76. The Morgan fingerprint density at radius 2 is 1.89 bits per heavy atom. The zero-order chi connectivity index (χ0) is 13.0. The molecule has 0 bridgehead atoms. The average Bonchev–Trinajstić information content (AvgIpc) is 2.79. The van der Waals surface area contributed by atoms with Gasteiger partial charge < -0.3 is 4.90 Å². The van der Waals surface area contributed by atoms with Gasteiger partial charge in [0.05, 0.1) is 6.54 Å². The van der Waals surface area contributed by atoms with Gasteiger partial charge >= 0.3 is 0 Å². The highest BCUT2D eigenvalue weighted by Gasteiger charge is 2.18. The molecule has 0 amide bonds. The Hall–Kier alpha value is -0.760. The van der Waals surface area contributed by atoms with Crippen LogP contribution in [0.1, 0.15) is 18.9 Å². The highest BCUT2D eigenvalue weighted by atomic mass is 32.1. The minimum absolute atomic E-state index is 0.684. The molecule has 1 aromatic rings. The van der Waals surface area contributed by atoms with Crippen LogP contribution in [0, 0.1) is 5.92 Å². The number of piperazine rings is 1. The zero-order valence-electron chi connectivity index (χ0n) is 11.1. The maximum absolute atomic E-state index is 5.30. The summed E-state index contributed by atoms with van der Waals surface area (Å²) in [5.74, 6) is 6.05. The van der Waals surface area contributed by atoms with Crippen LogP contribution in [-0.4, -0.2) is 52.7 Å². The van der Waals surface area contributed by atoms with Gasteiger partial charge in [-0.3, -0.25) is 10.3 Å². The van der Waals surface area contributed by atoms with Crippen molar-refractivity contribution < 1.29 is 0 Å². The van der Waals surface area contributed by atoms with Crippen molar-refractivity contribution in [1.82, 2.24) is 20.0 Å². The first-order valence-electron chi connectivity index (χ1n) is 6.41. The molecule has 102 valence electrons. The molecule has 0 atom stereocenters. The summed E-state index contributed by atoms with van der Waals surface area (Å²) in [6, 6.07) is 0. The number of aromatic nitrogens is 2. The lowest BCUT2D eigenvalue weighted by molar-refractivity contribution is 0.117.